The first kappa shape index (κ1) is 15.5. The van der Waals surface area contributed by atoms with Gasteiger partial charge in [-0.3, -0.25) is 9.59 Å². The molecule has 0 aliphatic rings. The first-order valence-corrected chi connectivity index (χ1v) is 7.13. The molecule has 7 heteroatoms. The Morgan fingerprint density at radius 1 is 1.17 bits per heavy atom. The van der Waals surface area contributed by atoms with Gasteiger partial charge in [0.2, 0.25) is 0 Å². The van der Waals surface area contributed by atoms with Crippen molar-refractivity contribution in [2.45, 2.75) is 0 Å². The molecule has 0 atom stereocenters. The topological polar surface area (TPSA) is 93.3 Å². The fraction of sp³-hybridized carbons (Fsp3) is 0.118. The van der Waals surface area contributed by atoms with Crippen LogP contribution < -0.4 is 14.8 Å². The predicted molar refractivity (Wildman–Crippen MR) is 89.0 cm³/mol. The number of carbonyl (C=O) groups excluding carboxylic acids is 2. The maximum Gasteiger partial charge on any atom is 0.291 e. The van der Waals surface area contributed by atoms with Crippen LogP contribution in [0.3, 0.4) is 0 Å². The second-order valence-electron chi connectivity index (χ2n) is 4.97. The van der Waals surface area contributed by atoms with Gasteiger partial charge in [0.05, 0.1) is 30.9 Å². The molecular weight excluding hydrogens is 310 g/mol. The summed E-state index contributed by atoms with van der Waals surface area (Å²) < 4.78 is 10.4. The van der Waals surface area contributed by atoms with Gasteiger partial charge in [-0.25, -0.2) is 4.98 Å². The molecule has 2 N–H and O–H groups in total. The summed E-state index contributed by atoms with van der Waals surface area (Å²) in [6, 6.07) is 10.1. The summed E-state index contributed by atoms with van der Waals surface area (Å²) in [5.41, 5.74) is 2.03. The molecule has 2 aromatic carbocycles. The molecule has 0 saturated carbocycles. The molecule has 0 aliphatic carbocycles. The van der Waals surface area contributed by atoms with E-state index in [4.69, 9.17) is 9.47 Å². The average molecular weight is 325 g/mol. The van der Waals surface area contributed by atoms with E-state index in [0.29, 0.717) is 40.1 Å². The molecule has 1 heterocycles. The summed E-state index contributed by atoms with van der Waals surface area (Å²) in [7, 11) is 3.06. The van der Waals surface area contributed by atoms with Crippen LogP contribution in [0.25, 0.3) is 11.0 Å². The van der Waals surface area contributed by atoms with Gasteiger partial charge in [-0.15, -0.1) is 0 Å². The number of methoxy groups -OCH3 is 2. The summed E-state index contributed by atoms with van der Waals surface area (Å²) in [5.74, 6) is 0.737. The molecule has 0 saturated heterocycles. The molecule has 0 spiro atoms. The Hall–Kier alpha value is -3.35. The lowest BCUT2D eigenvalue weighted by molar-refractivity contribution is 0.101. The van der Waals surface area contributed by atoms with Crippen LogP contribution in [-0.4, -0.2) is 36.4 Å². The van der Waals surface area contributed by atoms with Gasteiger partial charge in [0.1, 0.15) is 0 Å². The fourth-order valence-electron chi connectivity index (χ4n) is 2.34. The van der Waals surface area contributed by atoms with Crippen LogP contribution in [0.1, 0.15) is 21.0 Å². The van der Waals surface area contributed by atoms with Crippen molar-refractivity contribution >= 4 is 28.9 Å². The van der Waals surface area contributed by atoms with E-state index in [2.05, 4.69) is 15.3 Å². The Labute approximate surface area is 137 Å². The van der Waals surface area contributed by atoms with Crippen LogP contribution in [0.5, 0.6) is 11.5 Å². The van der Waals surface area contributed by atoms with Crippen LogP contribution in [0.4, 0.5) is 5.69 Å². The molecule has 0 radical (unpaired) electrons. The number of aldehydes is 1. The Balaban J connectivity index is 1.94. The third-order valence-electron chi connectivity index (χ3n) is 3.54. The standard InChI is InChI=1S/C17H15N3O4/c1-23-14-7-12-13(8-15(14)24-2)19-16(18-12)17(22)20-11-6-4-3-5-10(11)9-21/h3-9H,1-2H3,(H,18,19)(H,20,22). The lowest BCUT2D eigenvalue weighted by Gasteiger charge is -2.06. The molecule has 0 unspecified atom stereocenters. The number of rotatable bonds is 5. The fourth-order valence-corrected chi connectivity index (χ4v) is 2.34. The number of aromatic nitrogens is 2. The first-order valence-electron chi connectivity index (χ1n) is 7.13. The monoisotopic (exact) mass is 325 g/mol. The Bertz CT molecular complexity index is 876. The molecule has 122 valence electrons. The van der Waals surface area contributed by atoms with Gasteiger partial charge in [-0.2, -0.15) is 0 Å². The molecule has 0 bridgehead atoms. The molecule has 1 amide bonds. The number of carbonyl (C=O) groups is 2. The molecule has 3 aromatic rings. The Morgan fingerprint density at radius 3 is 2.58 bits per heavy atom. The van der Waals surface area contributed by atoms with Crippen LogP contribution in [-0.2, 0) is 0 Å². The number of fused-ring (bicyclic) bond motifs is 1. The quantitative estimate of drug-likeness (QED) is 0.703. The van der Waals surface area contributed by atoms with Crippen molar-refractivity contribution in [1.82, 2.24) is 9.97 Å². The number of aromatic amines is 1. The van der Waals surface area contributed by atoms with Crippen LogP contribution >= 0.6 is 0 Å². The maximum atomic E-state index is 12.4. The van der Waals surface area contributed by atoms with Gasteiger partial charge in [0.25, 0.3) is 5.91 Å². The number of H-pyrrole nitrogens is 1. The van der Waals surface area contributed by atoms with E-state index < -0.39 is 5.91 Å². The van der Waals surface area contributed by atoms with E-state index in [1.54, 1.807) is 36.4 Å². The van der Waals surface area contributed by atoms with Crippen molar-refractivity contribution in [3.63, 3.8) is 0 Å². The molecular formula is C17H15N3O4. The highest BCUT2D eigenvalue weighted by atomic mass is 16.5. The van der Waals surface area contributed by atoms with Crippen molar-refractivity contribution in [2.75, 3.05) is 19.5 Å². The van der Waals surface area contributed by atoms with E-state index in [1.165, 1.54) is 14.2 Å². The Morgan fingerprint density at radius 2 is 1.88 bits per heavy atom. The number of hydrogen-bond donors (Lipinski definition) is 2. The van der Waals surface area contributed by atoms with Gasteiger partial charge in [-0.05, 0) is 12.1 Å². The number of ether oxygens (including phenoxy) is 2. The molecule has 3 rings (SSSR count). The Kier molecular flexibility index (Phi) is 4.15. The van der Waals surface area contributed by atoms with E-state index in [9.17, 15) is 9.59 Å². The molecule has 24 heavy (non-hydrogen) atoms. The highest BCUT2D eigenvalue weighted by molar-refractivity contribution is 6.05. The van der Waals surface area contributed by atoms with Gasteiger partial charge < -0.3 is 19.8 Å². The van der Waals surface area contributed by atoms with E-state index in [-0.39, 0.29) is 5.82 Å². The minimum atomic E-state index is -0.446. The van der Waals surface area contributed by atoms with Crippen molar-refractivity contribution in [2.24, 2.45) is 0 Å². The number of benzene rings is 2. The van der Waals surface area contributed by atoms with E-state index in [1.807, 2.05) is 0 Å². The predicted octanol–water partition coefficient (Wildman–Crippen LogP) is 2.64. The van der Waals surface area contributed by atoms with Crippen LogP contribution in [0.15, 0.2) is 36.4 Å². The summed E-state index contributed by atoms with van der Waals surface area (Å²) >= 11 is 0. The number of para-hydroxylation sites is 1. The second-order valence-corrected chi connectivity index (χ2v) is 4.97. The zero-order chi connectivity index (χ0) is 17.1. The number of nitrogens with zero attached hydrogens (tertiary/aromatic N) is 1. The third kappa shape index (κ3) is 2.79. The minimum Gasteiger partial charge on any atom is -0.493 e. The maximum absolute atomic E-state index is 12.4. The largest absolute Gasteiger partial charge is 0.493 e. The molecule has 0 aliphatic heterocycles. The number of nitrogens with one attached hydrogen (secondary N) is 2. The SMILES string of the molecule is COc1cc2nc(C(=O)Nc3ccccc3C=O)[nH]c2cc1OC. The summed E-state index contributed by atoms with van der Waals surface area (Å²) in [6.07, 6.45) is 0.685. The van der Waals surface area contributed by atoms with Gasteiger partial charge in [0.15, 0.2) is 23.6 Å². The van der Waals surface area contributed by atoms with Crippen LogP contribution in [0, 0.1) is 0 Å². The minimum absolute atomic E-state index is 0.126. The number of hydrogen-bond acceptors (Lipinski definition) is 5. The lowest BCUT2D eigenvalue weighted by Crippen LogP contribution is -2.14. The molecule has 0 fully saturated rings. The van der Waals surface area contributed by atoms with Gasteiger partial charge in [0, 0.05) is 17.7 Å². The number of amides is 1. The molecule has 1 aromatic heterocycles. The number of anilines is 1. The smallest absolute Gasteiger partial charge is 0.291 e. The van der Waals surface area contributed by atoms with E-state index in [0.717, 1.165) is 0 Å². The summed E-state index contributed by atoms with van der Waals surface area (Å²) in [6.45, 7) is 0. The molecule has 7 nitrogen and oxygen atoms in total. The zero-order valence-electron chi connectivity index (χ0n) is 13.1. The average Bonchev–Trinajstić information content (AvgIpc) is 3.03. The number of imidazole rings is 1. The van der Waals surface area contributed by atoms with Crippen molar-refractivity contribution in [3.05, 3.63) is 47.8 Å². The van der Waals surface area contributed by atoms with Crippen LogP contribution in [0.2, 0.25) is 0 Å². The lowest BCUT2D eigenvalue weighted by atomic mass is 10.2. The third-order valence-corrected chi connectivity index (χ3v) is 3.54. The first-order chi connectivity index (χ1) is 11.7. The second kappa shape index (κ2) is 6.41. The zero-order valence-corrected chi connectivity index (χ0v) is 13.1. The normalized spacial score (nSPS) is 10.4. The van der Waals surface area contributed by atoms with Gasteiger partial charge >= 0.3 is 0 Å². The van der Waals surface area contributed by atoms with Crippen molar-refractivity contribution < 1.29 is 19.1 Å². The van der Waals surface area contributed by atoms with Crippen molar-refractivity contribution in [1.29, 1.82) is 0 Å². The highest BCUT2D eigenvalue weighted by Gasteiger charge is 2.15. The van der Waals surface area contributed by atoms with Gasteiger partial charge in [-0.1, -0.05) is 12.1 Å². The van der Waals surface area contributed by atoms with Crippen molar-refractivity contribution in [3.8, 4) is 11.5 Å². The highest BCUT2D eigenvalue weighted by Crippen LogP contribution is 2.31. The summed E-state index contributed by atoms with van der Waals surface area (Å²) in [5, 5.41) is 2.67. The van der Waals surface area contributed by atoms with E-state index >= 15 is 0 Å². The summed E-state index contributed by atoms with van der Waals surface area (Å²) in [4.78, 5) is 30.6.